The molecule has 2 aromatic rings. The van der Waals surface area contributed by atoms with Crippen LogP contribution in [0.5, 0.6) is 0 Å². The van der Waals surface area contributed by atoms with Gasteiger partial charge in [-0.3, -0.25) is 9.80 Å². The molecule has 3 heteroatoms. The van der Waals surface area contributed by atoms with Crippen molar-refractivity contribution in [3.63, 3.8) is 0 Å². The number of aromatic amines is 1. The Morgan fingerprint density at radius 3 is 2.52 bits per heavy atom. The van der Waals surface area contributed by atoms with Crippen molar-refractivity contribution in [2.75, 3.05) is 26.2 Å². The Morgan fingerprint density at radius 2 is 1.76 bits per heavy atom. The lowest BCUT2D eigenvalue weighted by Crippen LogP contribution is -2.49. The molecule has 1 saturated carbocycles. The van der Waals surface area contributed by atoms with Crippen molar-refractivity contribution in [3.8, 4) is 0 Å². The Kier molecular flexibility index (Phi) is 3.70. The third-order valence-electron chi connectivity index (χ3n) is 5.23. The summed E-state index contributed by atoms with van der Waals surface area (Å²) < 4.78 is 0. The summed E-state index contributed by atoms with van der Waals surface area (Å²) in [4.78, 5) is 8.88. The minimum atomic E-state index is 0.889. The molecule has 2 aliphatic rings. The average molecular weight is 283 g/mol. The number of hydrogen-bond donors (Lipinski definition) is 1. The van der Waals surface area contributed by atoms with Crippen molar-refractivity contribution in [1.29, 1.82) is 0 Å². The van der Waals surface area contributed by atoms with Gasteiger partial charge in [0.25, 0.3) is 0 Å². The van der Waals surface area contributed by atoms with Crippen LogP contribution < -0.4 is 0 Å². The Balaban J connectivity index is 1.35. The van der Waals surface area contributed by atoms with Crippen LogP contribution in [-0.2, 0) is 6.54 Å². The molecular formula is C18H25N3. The molecule has 2 fully saturated rings. The zero-order valence-electron chi connectivity index (χ0n) is 12.7. The van der Waals surface area contributed by atoms with Gasteiger partial charge in [0, 0.05) is 50.0 Å². The minimum absolute atomic E-state index is 0.889. The Morgan fingerprint density at radius 1 is 1.00 bits per heavy atom. The lowest BCUT2D eigenvalue weighted by molar-refractivity contribution is 0.0931. The van der Waals surface area contributed by atoms with Crippen LogP contribution in [0, 0.1) is 0 Å². The molecule has 0 radical (unpaired) electrons. The molecule has 1 N–H and O–H groups in total. The second kappa shape index (κ2) is 5.82. The van der Waals surface area contributed by atoms with Gasteiger partial charge in [0.1, 0.15) is 0 Å². The summed E-state index contributed by atoms with van der Waals surface area (Å²) in [6.45, 7) is 6.00. The predicted molar refractivity (Wildman–Crippen MR) is 87.4 cm³/mol. The third-order valence-corrected chi connectivity index (χ3v) is 5.23. The molecule has 1 aromatic heterocycles. The summed E-state index contributed by atoms with van der Waals surface area (Å²) in [6.07, 6.45) is 5.75. The van der Waals surface area contributed by atoms with Crippen molar-refractivity contribution in [1.82, 2.24) is 14.8 Å². The van der Waals surface area contributed by atoms with E-state index in [9.17, 15) is 0 Å². The Labute approximate surface area is 126 Å². The van der Waals surface area contributed by atoms with Crippen molar-refractivity contribution in [2.24, 2.45) is 0 Å². The number of nitrogens with zero attached hydrogens (tertiary/aromatic N) is 2. The molecule has 1 aliphatic heterocycles. The summed E-state index contributed by atoms with van der Waals surface area (Å²) >= 11 is 0. The number of aromatic nitrogens is 1. The number of H-pyrrole nitrogens is 1. The van der Waals surface area contributed by atoms with Crippen molar-refractivity contribution < 1.29 is 0 Å². The van der Waals surface area contributed by atoms with E-state index in [2.05, 4.69) is 45.1 Å². The fraction of sp³-hybridized carbons (Fsp3) is 0.556. The highest BCUT2D eigenvalue weighted by Gasteiger charge is 2.26. The Bertz CT molecular complexity index is 556. The molecule has 3 nitrogen and oxygen atoms in total. The van der Waals surface area contributed by atoms with Gasteiger partial charge in [-0.1, -0.05) is 31.0 Å². The Hall–Kier alpha value is -1.32. The van der Waals surface area contributed by atoms with E-state index < -0.39 is 0 Å². The van der Waals surface area contributed by atoms with E-state index >= 15 is 0 Å². The number of benzene rings is 1. The molecule has 1 aliphatic carbocycles. The van der Waals surface area contributed by atoms with Crippen LogP contribution >= 0.6 is 0 Å². The van der Waals surface area contributed by atoms with Gasteiger partial charge in [-0.2, -0.15) is 0 Å². The number of rotatable bonds is 3. The first-order valence-corrected chi connectivity index (χ1v) is 8.41. The lowest BCUT2D eigenvalue weighted by Gasteiger charge is -2.37. The standard InChI is InChI=1S/C18H25N3/c1-4-8-18-15(5-1)13-16(19-18)14-20-9-11-21(12-10-20)17-6-2-3-7-17/h1,4-5,8,13,17,19H,2-3,6-7,9-12,14H2. The van der Waals surface area contributed by atoms with E-state index in [0.717, 1.165) is 12.6 Å². The monoisotopic (exact) mass is 283 g/mol. The lowest BCUT2D eigenvalue weighted by atomic mass is 10.2. The third kappa shape index (κ3) is 2.85. The molecule has 0 atom stereocenters. The van der Waals surface area contributed by atoms with Crippen molar-refractivity contribution >= 4 is 10.9 Å². The van der Waals surface area contributed by atoms with E-state index in [1.807, 2.05) is 0 Å². The number of fused-ring (bicyclic) bond motifs is 1. The largest absolute Gasteiger partial charge is 0.357 e. The molecule has 4 rings (SSSR count). The van der Waals surface area contributed by atoms with Crippen molar-refractivity contribution in [2.45, 2.75) is 38.3 Å². The van der Waals surface area contributed by atoms with Crippen LogP contribution in [0.4, 0.5) is 0 Å². The summed E-state index contributed by atoms with van der Waals surface area (Å²) in [5.74, 6) is 0. The SMILES string of the molecule is c1ccc2[nH]c(CN3CCN(C4CCCC4)CC3)cc2c1. The highest BCUT2D eigenvalue weighted by molar-refractivity contribution is 5.80. The molecule has 1 aromatic carbocycles. The van der Waals surface area contributed by atoms with E-state index in [-0.39, 0.29) is 0 Å². The maximum absolute atomic E-state index is 3.55. The molecule has 2 heterocycles. The van der Waals surface area contributed by atoms with Crippen LogP contribution in [0.2, 0.25) is 0 Å². The fourth-order valence-corrected chi connectivity index (χ4v) is 4.02. The van der Waals surface area contributed by atoms with Gasteiger partial charge < -0.3 is 4.98 Å². The topological polar surface area (TPSA) is 22.3 Å². The molecule has 21 heavy (non-hydrogen) atoms. The van der Waals surface area contributed by atoms with Gasteiger partial charge in [-0.05, 0) is 30.4 Å². The first-order chi connectivity index (χ1) is 10.4. The summed E-state index contributed by atoms with van der Waals surface area (Å²) in [5.41, 5.74) is 2.61. The number of nitrogens with one attached hydrogen (secondary N) is 1. The molecule has 0 unspecified atom stereocenters. The second-order valence-electron chi connectivity index (χ2n) is 6.63. The summed E-state index contributed by atoms with van der Waals surface area (Å²) in [5, 5.41) is 1.33. The van der Waals surface area contributed by atoms with Gasteiger partial charge in [0.2, 0.25) is 0 Å². The van der Waals surface area contributed by atoms with Crippen LogP contribution in [0.25, 0.3) is 10.9 Å². The highest BCUT2D eigenvalue weighted by Crippen LogP contribution is 2.24. The average Bonchev–Trinajstić information content (AvgIpc) is 3.17. The number of piperazine rings is 1. The molecule has 112 valence electrons. The van der Waals surface area contributed by atoms with E-state index in [4.69, 9.17) is 0 Å². The van der Waals surface area contributed by atoms with Gasteiger partial charge >= 0.3 is 0 Å². The molecule has 1 saturated heterocycles. The zero-order valence-corrected chi connectivity index (χ0v) is 12.7. The first-order valence-electron chi connectivity index (χ1n) is 8.41. The molecule has 0 spiro atoms. The first kappa shape index (κ1) is 13.4. The van der Waals surface area contributed by atoms with Crippen LogP contribution in [0.15, 0.2) is 30.3 Å². The fourth-order valence-electron chi connectivity index (χ4n) is 4.02. The maximum atomic E-state index is 3.55. The van der Waals surface area contributed by atoms with Crippen molar-refractivity contribution in [3.05, 3.63) is 36.0 Å². The molecule has 0 bridgehead atoms. The van der Waals surface area contributed by atoms with Crippen LogP contribution in [0.3, 0.4) is 0 Å². The number of para-hydroxylation sites is 1. The molecule has 0 amide bonds. The quantitative estimate of drug-likeness (QED) is 0.934. The highest BCUT2D eigenvalue weighted by atomic mass is 15.3. The van der Waals surface area contributed by atoms with Crippen LogP contribution in [-0.4, -0.2) is 47.0 Å². The number of hydrogen-bond acceptors (Lipinski definition) is 2. The molecular weight excluding hydrogens is 258 g/mol. The van der Waals surface area contributed by atoms with Gasteiger partial charge in [-0.15, -0.1) is 0 Å². The maximum Gasteiger partial charge on any atom is 0.0456 e. The van der Waals surface area contributed by atoms with Crippen LogP contribution in [0.1, 0.15) is 31.4 Å². The van der Waals surface area contributed by atoms with Gasteiger partial charge in [0.05, 0.1) is 0 Å². The second-order valence-corrected chi connectivity index (χ2v) is 6.63. The van der Waals surface area contributed by atoms with E-state index in [1.165, 1.54) is 68.5 Å². The summed E-state index contributed by atoms with van der Waals surface area (Å²) in [6, 6.07) is 11.8. The van der Waals surface area contributed by atoms with E-state index in [0.29, 0.717) is 0 Å². The normalized spacial score (nSPS) is 22.3. The summed E-state index contributed by atoms with van der Waals surface area (Å²) in [7, 11) is 0. The predicted octanol–water partition coefficient (Wildman–Crippen LogP) is 3.23. The minimum Gasteiger partial charge on any atom is -0.357 e. The van der Waals surface area contributed by atoms with E-state index in [1.54, 1.807) is 0 Å². The zero-order chi connectivity index (χ0) is 14.1. The van der Waals surface area contributed by atoms with Gasteiger partial charge in [-0.25, -0.2) is 0 Å². The van der Waals surface area contributed by atoms with Gasteiger partial charge in [0.15, 0.2) is 0 Å². The smallest absolute Gasteiger partial charge is 0.0456 e.